The Bertz CT molecular complexity index is 2190. The summed E-state index contributed by atoms with van der Waals surface area (Å²) >= 11 is 0. The first kappa shape index (κ1) is 43.0. The molecule has 348 valence electrons. The van der Waals surface area contributed by atoms with Crippen LogP contribution in [0, 0.1) is 11.3 Å². The van der Waals surface area contributed by atoms with Crippen LogP contribution in [0.2, 0.25) is 0 Å². The first-order valence-electron chi connectivity index (χ1n) is 24.6. The number of carbonyl (C=O) groups is 4. The Morgan fingerprint density at radius 2 is 1.60 bits per heavy atom. The van der Waals surface area contributed by atoms with Gasteiger partial charge in [-0.2, -0.15) is 5.01 Å². The highest BCUT2D eigenvalue weighted by Crippen LogP contribution is 2.44. The molecule has 11 rings (SSSR count). The van der Waals surface area contributed by atoms with Crippen molar-refractivity contribution in [2.45, 2.75) is 133 Å². The lowest BCUT2D eigenvalue weighted by Gasteiger charge is -2.47. The lowest BCUT2D eigenvalue weighted by molar-refractivity contribution is -0.146. The fraction of sp³-hybridized carbons (Fsp3) is 0.633. The Morgan fingerprint density at radius 3 is 2.40 bits per heavy atom. The molecule has 7 saturated heterocycles. The van der Waals surface area contributed by atoms with E-state index in [1.165, 1.54) is 24.9 Å². The fourth-order valence-electron chi connectivity index (χ4n) is 12.8. The summed E-state index contributed by atoms with van der Waals surface area (Å²) in [5.41, 5.74) is 4.60. The molecule has 1 spiro atoms. The van der Waals surface area contributed by atoms with Gasteiger partial charge >= 0.3 is 0 Å². The number of nitrogens with one attached hydrogen (secondary N) is 5. The summed E-state index contributed by atoms with van der Waals surface area (Å²) in [6, 6.07) is 15.0. The Kier molecular flexibility index (Phi) is 11.4. The number of likely N-dealkylation sites (tertiary alicyclic amines) is 1. The van der Waals surface area contributed by atoms with E-state index in [1.54, 1.807) is 4.90 Å². The average Bonchev–Trinajstić information content (AvgIpc) is 3.96. The van der Waals surface area contributed by atoms with Gasteiger partial charge in [0.1, 0.15) is 12.3 Å². The van der Waals surface area contributed by atoms with Gasteiger partial charge in [-0.1, -0.05) is 12.2 Å². The number of benzene rings is 2. The second kappa shape index (κ2) is 17.3. The van der Waals surface area contributed by atoms with Gasteiger partial charge in [-0.3, -0.25) is 45.5 Å². The number of nitrogens with zero attached hydrogens (tertiary/aromatic N) is 6. The molecule has 9 aliphatic rings. The summed E-state index contributed by atoms with van der Waals surface area (Å²) in [6.07, 6.45) is 14.7. The van der Waals surface area contributed by atoms with Crippen molar-refractivity contribution >= 4 is 40.7 Å². The largest absolute Gasteiger partial charge is 0.389 e. The molecule has 2 aromatic rings. The molecule has 0 radical (unpaired) electrons. The van der Waals surface area contributed by atoms with E-state index in [1.807, 2.05) is 18.0 Å². The first-order valence-corrected chi connectivity index (χ1v) is 24.6. The summed E-state index contributed by atoms with van der Waals surface area (Å²) in [6.45, 7) is 9.92. The minimum atomic E-state index is -0.806. The average molecular weight is 890 g/mol. The number of hydrogen-bond donors (Lipinski definition) is 6. The van der Waals surface area contributed by atoms with Gasteiger partial charge in [0.05, 0.1) is 30.4 Å². The number of hydrazine groups is 1. The van der Waals surface area contributed by atoms with Crippen LogP contribution in [0.5, 0.6) is 0 Å². The molecular formula is C49H67N11O5. The molecule has 6 unspecified atom stereocenters. The molecule has 16 heteroatoms. The Morgan fingerprint density at radius 1 is 0.815 bits per heavy atom. The van der Waals surface area contributed by atoms with Crippen LogP contribution in [0.15, 0.2) is 54.6 Å². The SMILES string of the molecule is C[C@@]1(O)CC/C=C\CN2C(=O)C3CNC(Nc4ccc(N5CCC(N6CCC7(CCN(c8ccc9c(c8)CN(C8CCC(=O)NC8=O)C9=O)C7)CC6)CC5)cc4)NC3N2C2CCCC1N2. The van der Waals surface area contributed by atoms with Crippen molar-refractivity contribution in [2.24, 2.45) is 11.3 Å². The van der Waals surface area contributed by atoms with Gasteiger partial charge in [0.2, 0.25) is 17.7 Å². The van der Waals surface area contributed by atoms with Gasteiger partial charge in [0, 0.05) is 80.4 Å². The summed E-state index contributed by atoms with van der Waals surface area (Å²) in [4.78, 5) is 60.8. The number of imide groups is 1. The molecular weight excluding hydrogens is 823 g/mol. The van der Waals surface area contributed by atoms with E-state index in [0.717, 1.165) is 94.7 Å². The third kappa shape index (κ3) is 8.22. The highest BCUT2D eigenvalue weighted by atomic mass is 16.3. The molecule has 0 aromatic heterocycles. The minimum Gasteiger partial charge on any atom is -0.389 e. The molecule has 9 aliphatic heterocycles. The number of rotatable bonds is 6. The van der Waals surface area contributed by atoms with Crippen LogP contribution in [-0.2, 0) is 20.9 Å². The zero-order valence-corrected chi connectivity index (χ0v) is 37.9. The van der Waals surface area contributed by atoms with Gasteiger partial charge in [-0.05, 0) is 144 Å². The molecule has 7 fully saturated rings. The summed E-state index contributed by atoms with van der Waals surface area (Å²) < 4.78 is 0. The van der Waals surface area contributed by atoms with Gasteiger partial charge in [0.25, 0.3) is 5.91 Å². The second-order valence-corrected chi connectivity index (χ2v) is 20.8. The van der Waals surface area contributed by atoms with Crippen molar-refractivity contribution in [3.8, 4) is 0 Å². The quantitative estimate of drug-likeness (QED) is 0.185. The Balaban J connectivity index is 0.651. The predicted octanol–water partition coefficient (Wildman–Crippen LogP) is 2.87. The van der Waals surface area contributed by atoms with Crippen LogP contribution in [0.1, 0.15) is 99.9 Å². The van der Waals surface area contributed by atoms with Crippen molar-refractivity contribution in [2.75, 3.05) is 67.5 Å². The highest BCUT2D eigenvalue weighted by Gasteiger charge is 2.53. The standard InChI is InChI=1S/C49H67N11O5/c1-48(65)18-3-2-4-22-59-46(64)38-29-50-47(54-43(38)60(59)41-7-5-6-40(48)52-41)51-33-8-10-34(11-9-33)55-23-16-35(17-24-55)56-25-19-49(20-26-56)21-27-57(31-49)36-12-13-37-32(28-36)30-58(45(37)63)39-14-15-42(61)53-44(39)62/h2,4,8-13,28,35,38-41,43,47,50-52,54,65H,3,5-7,14-27,29-31H2,1H3,(H,53,61,62)/b4-2-/t38?,39?,40?,41?,43?,47?,48-/m1/s1. The maximum atomic E-state index is 13.8. The Labute approximate surface area is 382 Å². The molecule has 2 bridgehead atoms. The summed E-state index contributed by atoms with van der Waals surface area (Å²) in [5.74, 6) is -0.808. The molecule has 7 atom stereocenters. The monoisotopic (exact) mass is 890 g/mol. The number of piperidine rings is 4. The lowest BCUT2D eigenvalue weighted by Crippen LogP contribution is -2.69. The van der Waals surface area contributed by atoms with Crippen molar-refractivity contribution in [1.82, 2.24) is 41.1 Å². The normalized spacial score (nSPS) is 34.0. The van der Waals surface area contributed by atoms with E-state index < -0.39 is 11.6 Å². The van der Waals surface area contributed by atoms with Gasteiger partial charge in [-0.25, -0.2) is 0 Å². The van der Waals surface area contributed by atoms with Gasteiger partial charge < -0.3 is 30.0 Å². The summed E-state index contributed by atoms with van der Waals surface area (Å²) in [7, 11) is 0. The topological polar surface area (TPSA) is 168 Å². The lowest BCUT2D eigenvalue weighted by atomic mass is 9.77. The maximum Gasteiger partial charge on any atom is 0.255 e. The number of carbonyl (C=O) groups excluding carboxylic acids is 4. The van der Waals surface area contributed by atoms with E-state index in [-0.39, 0.29) is 60.6 Å². The molecule has 4 amide bonds. The number of fused-ring (bicyclic) bond motifs is 7. The third-order valence-corrected chi connectivity index (χ3v) is 16.8. The van der Waals surface area contributed by atoms with Crippen LogP contribution in [0.25, 0.3) is 0 Å². The molecule has 9 heterocycles. The van der Waals surface area contributed by atoms with Crippen LogP contribution >= 0.6 is 0 Å². The first-order chi connectivity index (χ1) is 31.5. The van der Waals surface area contributed by atoms with Crippen LogP contribution in [-0.4, -0.2) is 143 Å². The minimum absolute atomic E-state index is 0.0175. The van der Waals surface area contributed by atoms with Crippen molar-refractivity contribution in [3.05, 3.63) is 65.7 Å². The van der Waals surface area contributed by atoms with Crippen molar-refractivity contribution < 1.29 is 24.3 Å². The van der Waals surface area contributed by atoms with Crippen molar-refractivity contribution in [1.29, 1.82) is 0 Å². The second-order valence-electron chi connectivity index (χ2n) is 20.8. The van der Waals surface area contributed by atoms with E-state index in [0.29, 0.717) is 49.5 Å². The maximum absolute atomic E-state index is 13.8. The highest BCUT2D eigenvalue weighted by molar-refractivity contribution is 6.05. The molecule has 65 heavy (non-hydrogen) atoms. The van der Waals surface area contributed by atoms with E-state index in [2.05, 4.69) is 94.8 Å². The van der Waals surface area contributed by atoms with Crippen LogP contribution < -0.4 is 36.4 Å². The number of hydrogen-bond acceptors (Lipinski definition) is 13. The van der Waals surface area contributed by atoms with Gasteiger partial charge in [-0.15, -0.1) is 0 Å². The number of aliphatic hydroxyl groups is 1. The van der Waals surface area contributed by atoms with E-state index in [9.17, 15) is 24.3 Å². The van der Waals surface area contributed by atoms with Crippen molar-refractivity contribution in [3.63, 3.8) is 0 Å². The fourth-order valence-corrected chi connectivity index (χ4v) is 12.8. The summed E-state index contributed by atoms with van der Waals surface area (Å²) in [5, 5.41) is 32.7. The molecule has 6 N–H and O–H groups in total. The number of amides is 4. The predicted molar refractivity (Wildman–Crippen MR) is 247 cm³/mol. The van der Waals surface area contributed by atoms with Gasteiger partial charge in [0.15, 0.2) is 0 Å². The van der Waals surface area contributed by atoms with E-state index >= 15 is 0 Å². The van der Waals surface area contributed by atoms with Crippen LogP contribution in [0.3, 0.4) is 0 Å². The van der Waals surface area contributed by atoms with Crippen LogP contribution in [0.4, 0.5) is 17.1 Å². The smallest absolute Gasteiger partial charge is 0.255 e. The Hall–Kier alpha value is -4.58. The molecule has 2 aromatic carbocycles. The third-order valence-electron chi connectivity index (χ3n) is 16.8. The molecule has 16 nitrogen and oxygen atoms in total. The van der Waals surface area contributed by atoms with E-state index in [4.69, 9.17) is 0 Å². The zero-order valence-electron chi connectivity index (χ0n) is 37.9. The number of anilines is 3. The molecule has 0 saturated carbocycles. The molecule has 0 aliphatic carbocycles. The number of allylic oxidation sites excluding steroid dienone is 1. The zero-order chi connectivity index (χ0) is 44.5.